The van der Waals surface area contributed by atoms with Crippen molar-refractivity contribution in [2.24, 2.45) is 0 Å². The molecule has 1 atom stereocenters. The van der Waals surface area contributed by atoms with Crippen LogP contribution < -0.4 is 10.1 Å². The van der Waals surface area contributed by atoms with Gasteiger partial charge in [0.05, 0.1) is 7.11 Å². The maximum atomic E-state index is 13.6. The highest BCUT2D eigenvalue weighted by Gasteiger charge is 2.08. The first kappa shape index (κ1) is 14.8. The van der Waals surface area contributed by atoms with Gasteiger partial charge in [0.15, 0.2) is 0 Å². The van der Waals surface area contributed by atoms with E-state index in [4.69, 9.17) is 16.3 Å². The first-order valence-electron chi connectivity index (χ1n) is 6.41. The number of methoxy groups -OCH3 is 1. The lowest BCUT2D eigenvalue weighted by atomic mass is 10.1. The fourth-order valence-corrected chi connectivity index (χ4v) is 2.15. The van der Waals surface area contributed by atoms with Crippen LogP contribution in [0.15, 0.2) is 42.5 Å². The van der Waals surface area contributed by atoms with Gasteiger partial charge in [-0.25, -0.2) is 4.39 Å². The molecular weight excluding hydrogens is 277 g/mol. The molecule has 0 aromatic heterocycles. The summed E-state index contributed by atoms with van der Waals surface area (Å²) in [5, 5.41) is 3.82. The summed E-state index contributed by atoms with van der Waals surface area (Å²) in [6, 6.07) is 12.5. The number of hydrogen-bond donors (Lipinski definition) is 1. The number of halogens is 2. The number of benzene rings is 2. The molecule has 20 heavy (non-hydrogen) atoms. The molecule has 1 N–H and O–H groups in total. The first-order chi connectivity index (χ1) is 9.60. The molecule has 2 rings (SSSR count). The molecule has 2 nitrogen and oxygen atoms in total. The number of ether oxygens (including phenoxy) is 1. The summed E-state index contributed by atoms with van der Waals surface area (Å²) in [7, 11) is 1.64. The second kappa shape index (κ2) is 6.73. The van der Waals surface area contributed by atoms with Gasteiger partial charge < -0.3 is 10.1 Å². The van der Waals surface area contributed by atoms with Crippen LogP contribution in [0.2, 0.25) is 5.02 Å². The third-order valence-corrected chi connectivity index (χ3v) is 3.46. The molecule has 0 heterocycles. The van der Waals surface area contributed by atoms with Crippen LogP contribution in [0.3, 0.4) is 0 Å². The van der Waals surface area contributed by atoms with Crippen molar-refractivity contribution in [3.8, 4) is 5.75 Å². The minimum atomic E-state index is -0.246. The molecule has 0 fully saturated rings. The van der Waals surface area contributed by atoms with Gasteiger partial charge in [0.25, 0.3) is 0 Å². The SMILES string of the molecule is COc1ccc([C@@H](C)NCc2cc(Cl)ccc2F)cc1. The Morgan fingerprint density at radius 1 is 1.20 bits per heavy atom. The molecule has 0 aliphatic rings. The highest BCUT2D eigenvalue weighted by Crippen LogP contribution is 2.19. The second-order valence-electron chi connectivity index (χ2n) is 4.61. The van der Waals surface area contributed by atoms with Crippen LogP contribution in [0.4, 0.5) is 4.39 Å². The first-order valence-corrected chi connectivity index (χ1v) is 6.79. The summed E-state index contributed by atoms with van der Waals surface area (Å²) in [4.78, 5) is 0. The Hall–Kier alpha value is -1.58. The smallest absolute Gasteiger partial charge is 0.127 e. The van der Waals surface area contributed by atoms with Gasteiger partial charge in [0.2, 0.25) is 0 Å². The lowest BCUT2D eigenvalue weighted by Gasteiger charge is -2.15. The largest absolute Gasteiger partial charge is 0.497 e. The Balaban J connectivity index is 2.00. The molecule has 0 aliphatic heterocycles. The molecule has 4 heteroatoms. The van der Waals surface area contributed by atoms with Gasteiger partial charge in [-0.3, -0.25) is 0 Å². The molecule has 0 radical (unpaired) electrons. The summed E-state index contributed by atoms with van der Waals surface area (Å²) in [6.45, 7) is 2.46. The molecule has 0 bridgehead atoms. The predicted molar refractivity (Wildman–Crippen MR) is 79.7 cm³/mol. The summed E-state index contributed by atoms with van der Waals surface area (Å²) in [5.74, 6) is 0.575. The maximum Gasteiger partial charge on any atom is 0.127 e. The van der Waals surface area contributed by atoms with Crippen molar-refractivity contribution in [1.29, 1.82) is 0 Å². The Kier molecular flexibility index (Phi) is 4.99. The van der Waals surface area contributed by atoms with Crippen LogP contribution in [0, 0.1) is 5.82 Å². The van der Waals surface area contributed by atoms with Crippen LogP contribution in [-0.2, 0) is 6.54 Å². The Morgan fingerprint density at radius 2 is 1.90 bits per heavy atom. The molecule has 0 saturated heterocycles. The summed E-state index contributed by atoms with van der Waals surface area (Å²) in [5.41, 5.74) is 1.69. The Bertz CT molecular complexity index is 571. The summed E-state index contributed by atoms with van der Waals surface area (Å²) in [6.07, 6.45) is 0. The molecule has 106 valence electrons. The topological polar surface area (TPSA) is 21.3 Å². The average molecular weight is 294 g/mol. The molecule has 0 spiro atoms. The second-order valence-corrected chi connectivity index (χ2v) is 5.05. The van der Waals surface area contributed by atoms with Gasteiger partial charge in [-0.15, -0.1) is 0 Å². The van der Waals surface area contributed by atoms with Crippen molar-refractivity contribution >= 4 is 11.6 Å². The average Bonchev–Trinajstić information content (AvgIpc) is 2.48. The highest BCUT2D eigenvalue weighted by atomic mass is 35.5. The number of nitrogens with one attached hydrogen (secondary N) is 1. The van der Waals surface area contributed by atoms with E-state index in [0.717, 1.165) is 11.3 Å². The van der Waals surface area contributed by atoms with Gasteiger partial charge >= 0.3 is 0 Å². The Morgan fingerprint density at radius 3 is 2.55 bits per heavy atom. The van der Waals surface area contributed by atoms with E-state index in [-0.39, 0.29) is 11.9 Å². The van der Waals surface area contributed by atoms with Crippen molar-refractivity contribution in [1.82, 2.24) is 5.32 Å². The van der Waals surface area contributed by atoms with E-state index in [0.29, 0.717) is 17.1 Å². The third-order valence-electron chi connectivity index (χ3n) is 3.22. The highest BCUT2D eigenvalue weighted by molar-refractivity contribution is 6.30. The van der Waals surface area contributed by atoms with Crippen LogP contribution in [0.5, 0.6) is 5.75 Å². The molecule has 0 saturated carbocycles. The van der Waals surface area contributed by atoms with Crippen LogP contribution in [0.1, 0.15) is 24.1 Å². The standard InChI is InChI=1S/C16H17ClFNO/c1-11(12-3-6-15(20-2)7-4-12)19-10-13-9-14(17)5-8-16(13)18/h3-9,11,19H,10H2,1-2H3/t11-/m1/s1. The molecule has 0 aliphatic carbocycles. The van der Waals surface area contributed by atoms with Crippen LogP contribution in [-0.4, -0.2) is 7.11 Å². The zero-order valence-electron chi connectivity index (χ0n) is 11.5. The minimum Gasteiger partial charge on any atom is -0.497 e. The number of rotatable bonds is 5. The summed E-state index contributed by atoms with van der Waals surface area (Å²) < 4.78 is 18.7. The zero-order chi connectivity index (χ0) is 14.5. The van der Waals surface area contributed by atoms with E-state index >= 15 is 0 Å². The monoisotopic (exact) mass is 293 g/mol. The van der Waals surface area contributed by atoms with Crippen molar-refractivity contribution < 1.29 is 9.13 Å². The van der Waals surface area contributed by atoms with Gasteiger partial charge in [0, 0.05) is 23.2 Å². The molecule has 2 aromatic carbocycles. The van der Waals surface area contributed by atoms with Gasteiger partial charge in [-0.2, -0.15) is 0 Å². The zero-order valence-corrected chi connectivity index (χ0v) is 12.2. The van der Waals surface area contributed by atoms with Crippen LogP contribution >= 0.6 is 11.6 Å². The normalized spacial score (nSPS) is 12.2. The van der Waals surface area contributed by atoms with E-state index in [9.17, 15) is 4.39 Å². The van der Waals surface area contributed by atoms with Crippen LogP contribution in [0.25, 0.3) is 0 Å². The Labute approximate surface area is 123 Å². The molecule has 0 amide bonds. The van der Waals surface area contributed by atoms with Gasteiger partial charge in [0.1, 0.15) is 11.6 Å². The lowest BCUT2D eigenvalue weighted by molar-refractivity contribution is 0.414. The van der Waals surface area contributed by atoms with E-state index in [1.165, 1.54) is 6.07 Å². The fourth-order valence-electron chi connectivity index (χ4n) is 1.95. The third kappa shape index (κ3) is 3.71. The molecular formula is C16H17ClFNO. The maximum absolute atomic E-state index is 13.6. The van der Waals surface area contributed by atoms with Crippen molar-refractivity contribution in [2.45, 2.75) is 19.5 Å². The number of hydrogen-bond acceptors (Lipinski definition) is 2. The molecule has 0 unspecified atom stereocenters. The minimum absolute atomic E-state index is 0.110. The van der Waals surface area contributed by atoms with Crippen molar-refractivity contribution in [3.63, 3.8) is 0 Å². The molecule has 2 aromatic rings. The lowest BCUT2D eigenvalue weighted by Crippen LogP contribution is -2.18. The fraction of sp³-hybridized carbons (Fsp3) is 0.250. The van der Waals surface area contributed by atoms with Crippen molar-refractivity contribution in [2.75, 3.05) is 7.11 Å². The van der Waals surface area contributed by atoms with Gasteiger partial charge in [-0.1, -0.05) is 23.7 Å². The quantitative estimate of drug-likeness (QED) is 0.885. The van der Waals surface area contributed by atoms with E-state index in [1.54, 1.807) is 19.2 Å². The van der Waals surface area contributed by atoms with E-state index < -0.39 is 0 Å². The van der Waals surface area contributed by atoms with Crippen molar-refractivity contribution in [3.05, 3.63) is 64.4 Å². The van der Waals surface area contributed by atoms with E-state index in [1.807, 2.05) is 31.2 Å². The van der Waals surface area contributed by atoms with E-state index in [2.05, 4.69) is 5.32 Å². The van der Waals surface area contributed by atoms with Gasteiger partial charge in [-0.05, 0) is 42.8 Å². The predicted octanol–water partition coefficient (Wildman–Crippen LogP) is 4.34. The summed E-state index contributed by atoms with van der Waals surface area (Å²) >= 11 is 5.87.